The quantitative estimate of drug-likeness (QED) is 0.685. The van der Waals surface area contributed by atoms with Crippen molar-refractivity contribution in [1.29, 1.82) is 0 Å². The minimum Gasteiger partial charge on any atom is -0.459 e. The summed E-state index contributed by atoms with van der Waals surface area (Å²) in [5.41, 5.74) is 0. The second-order valence-electron chi connectivity index (χ2n) is 5.50. The average molecular weight is 467 g/mol. The molecule has 1 unspecified atom stereocenters. The molecule has 0 N–H and O–H groups in total. The van der Waals surface area contributed by atoms with Crippen LogP contribution in [0.4, 0.5) is 0 Å². The van der Waals surface area contributed by atoms with Crippen molar-refractivity contribution in [3.05, 3.63) is 45.1 Å². The molecule has 1 saturated heterocycles. The Morgan fingerprint density at radius 3 is 2.68 bits per heavy atom. The van der Waals surface area contributed by atoms with Crippen molar-refractivity contribution in [3.63, 3.8) is 0 Å². The van der Waals surface area contributed by atoms with Gasteiger partial charge in [-0.2, -0.15) is 4.31 Å². The van der Waals surface area contributed by atoms with Crippen molar-refractivity contribution < 1.29 is 13.2 Å². The molecule has 0 bridgehead atoms. The molecule has 3 rings (SSSR count). The lowest BCUT2D eigenvalue weighted by Gasteiger charge is -2.31. The van der Waals surface area contributed by atoms with Crippen LogP contribution in [0.3, 0.4) is 0 Å². The molecule has 10 heteroatoms. The van der Waals surface area contributed by atoms with Gasteiger partial charge in [-0.05, 0) is 47.0 Å². The summed E-state index contributed by atoms with van der Waals surface area (Å²) in [6.07, 6.45) is 4.20. The van der Waals surface area contributed by atoms with Gasteiger partial charge in [-0.25, -0.2) is 18.4 Å². The van der Waals surface area contributed by atoms with Crippen LogP contribution in [0.15, 0.2) is 40.0 Å². The van der Waals surface area contributed by atoms with Crippen LogP contribution in [0, 0.1) is 0 Å². The Morgan fingerprint density at radius 2 is 1.96 bits per heavy atom. The van der Waals surface area contributed by atoms with Gasteiger partial charge in [0.05, 0.1) is 16.0 Å². The van der Waals surface area contributed by atoms with Crippen molar-refractivity contribution in [3.8, 4) is 6.01 Å². The third kappa shape index (κ3) is 4.43. The molecule has 2 aromatic rings. The van der Waals surface area contributed by atoms with Gasteiger partial charge in [0.1, 0.15) is 11.0 Å². The molecule has 1 aliphatic rings. The lowest BCUT2D eigenvalue weighted by Crippen LogP contribution is -2.44. The fourth-order valence-electron chi connectivity index (χ4n) is 2.54. The van der Waals surface area contributed by atoms with E-state index in [0.717, 1.165) is 4.47 Å². The SMILES string of the molecule is O=S(=O)(c1cc(Cl)ccc1Cl)N1CCCC(Oc2ncc(Br)cn2)C1. The zero-order valence-corrected chi connectivity index (χ0v) is 16.8. The maximum atomic E-state index is 12.9. The predicted molar refractivity (Wildman–Crippen MR) is 98.6 cm³/mol. The van der Waals surface area contributed by atoms with Gasteiger partial charge < -0.3 is 4.74 Å². The average Bonchev–Trinajstić information content (AvgIpc) is 2.59. The van der Waals surface area contributed by atoms with E-state index in [0.29, 0.717) is 24.4 Å². The molecule has 0 aliphatic carbocycles. The van der Waals surface area contributed by atoms with Crippen molar-refractivity contribution in [1.82, 2.24) is 14.3 Å². The summed E-state index contributed by atoms with van der Waals surface area (Å²) in [4.78, 5) is 8.12. The van der Waals surface area contributed by atoms with Gasteiger partial charge in [-0.15, -0.1) is 0 Å². The number of hydrogen-bond acceptors (Lipinski definition) is 5. The number of nitrogens with zero attached hydrogens (tertiary/aromatic N) is 3. The molecular weight excluding hydrogens is 453 g/mol. The fourth-order valence-corrected chi connectivity index (χ4v) is 5.00. The molecule has 2 heterocycles. The molecule has 1 atom stereocenters. The third-order valence-electron chi connectivity index (χ3n) is 3.72. The van der Waals surface area contributed by atoms with Crippen LogP contribution in [0.5, 0.6) is 6.01 Å². The Morgan fingerprint density at radius 1 is 1.24 bits per heavy atom. The molecule has 1 fully saturated rings. The van der Waals surface area contributed by atoms with Gasteiger partial charge in [0.15, 0.2) is 0 Å². The van der Waals surface area contributed by atoms with Gasteiger partial charge in [-0.1, -0.05) is 23.2 Å². The lowest BCUT2D eigenvalue weighted by molar-refractivity contribution is 0.119. The van der Waals surface area contributed by atoms with E-state index in [1.165, 1.54) is 16.4 Å². The van der Waals surface area contributed by atoms with Crippen molar-refractivity contribution in [2.24, 2.45) is 0 Å². The normalized spacial score (nSPS) is 18.9. The summed E-state index contributed by atoms with van der Waals surface area (Å²) >= 11 is 15.2. The molecule has 1 aliphatic heterocycles. The zero-order valence-electron chi connectivity index (χ0n) is 12.9. The van der Waals surface area contributed by atoms with Crippen molar-refractivity contribution in [2.45, 2.75) is 23.8 Å². The second kappa shape index (κ2) is 7.75. The molecule has 1 aromatic carbocycles. The standard InChI is InChI=1S/C15H14BrCl2N3O3S/c16-10-7-19-15(20-8-10)24-12-2-1-5-21(9-12)25(22,23)14-6-11(17)3-4-13(14)18/h3-4,6-8,12H,1-2,5,9H2. The van der Waals surface area contributed by atoms with E-state index in [4.69, 9.17) is 27.9 Å². The summed E-state index contributed by atoms with van der Waals surface area (Å²) in [6.45, 7) is 0.594. The third-order valence-corrected chi connectivity index (χ3v) is 6.71. The van der Waals surface area contributed by atoms with Gasteiger partial charge in [-0.3, -0.25) is 0 Å². The van der Waals surface area contributed by atoms with E-state index in [-0.39, 0.29) is 28.6 Å². The summed E-state index contributed by atoms with van der Waals surface area (Å²) in [5, 5.41) is 0.458. The highest BCUT2D eigenvalue weighted by Gasteiger charge is 2.33. The fraction of sp³-hybridized carbons (Fsp3) is 0.333. The first kappa shape index (κ1) is 18.8. The van der Waals surface area contributed by atoms with Gasteiger partial charge in [0, 0.05) is 24.0 Å². The van der Waals surface area contributed by atoms with E-state index in [1.807, 2.05) is 0 Å². The molecule has 6 nitrogen and oxygen atoms in total. The molecular formula is C15H14BrCl2N3O3S. The Labute approximate surface area is 164 Å². The molecule has 0 amide bonds. The molecule has 0 radical (unpaired) electrons. The minimum absolute atomic E-state index is 0.00204. The first-order valence-corrected chi connectivity index (χ1v) is 10.4. The van der Waals surface area contributed by atoms with E-state index in [1.54, 1.807) is 18.5 Å². The molecule has 0 saturated carbocycles. The molecule has 134 valence electrons. The van der Waals surface area contributed by atoms with E-state index < -0.39 is 10.0 Å². The Bertz CT molecular complexity index is 865. The van der Waals surface area contributed by atoms with E-state index >= 15 is 0 Å². The van der Waals surface area contributed by atoms with Crippen LogP contribution in [-0.4, -0.2) is 41.9 Å². The van der Waals surface area contributed by atoms with Crippen LogP contribution in [-0.2, 0) is 10.0 Å². The minimum atomic E-state index is -3.76. The highest BCUT2D eigenvalue weighted by molar-refractivity contribution is 9.10. The maximum Gasteiger partial charge on any atom is 0.316 e. The highest BCUT2D eigenvalue weighted by atomic mass is 79.9. The van der Waals surface area contributed by atoms with Crippen molar-refractivity contribution in [2.75, 3.05) is 13.1 Å². The van der Waals surface area contributed by atoms with Gasteiger partial charge in [0.2, 0.25) is 10.0 Å². The number of piperidine rings is 1. The number of halogens is 3. The summed E-state index contributed by atoms with van der Waals surface area (Å²) in [5.74, 6) is 0. The zero-order chi connectivity index (χ0) is 18.0. The Balaban J connectivity index is 1.78. The molecule has 0 spiro atoms. The van der Waals surface area contributed by atoms with E-state index in [2.05, 4.69) is 25.9 Å². The van der Waals surface area contributed by atoms with Crippen LogP contribution >= 0.6 is 39.1 Å². The Hall–Kier alpha value is -0.930. The number of rotatable bonds is 4. The Kier molecular flexibility index (Phi) is 5.85. The van der Waals surface area contributed by atoms with Crippen LogP contribution in [0.2, 0.25) is 10.0 Å². The smallest absolute Gasteiger partial charge is 0.316 e. The number of benzene rings is 1. The second-order valence-corrected chi connectivity index (χ2v) is 9.17. The van der Waals surface area contributed by atoms with E-state index in [9.17, 15) is 8.42 Å². The van der Waals surface area contributed by atoms with Gasteiger partial charge >= 0.3 is 6.01 Å². The molecule has 25 heavy (non-hydrogen) atoms. The summed E-state index contributed by atoms with van der Waals surface area (Å²) in [6, 6.07) is 4.61. The largest absolute Gasteiger partial charge is 0.459 e. The first-order chi connectivity index (χ1) is 11.9. The number of ether oxygens (including phenoxy) is 1. The summed E-state index contributed by atoms with van der Waals surface area (Å²) < 4.78 is 33.6. The highest BCUT2D eigenvalue weighted by Crippen LogP contribution is 2.29. The van der Waals surface area contributed by atoms with Crippen molar-refractivity contribution >= 4 is 49.2 Å². The van der Waals surface area contributed by atoms with Crippen LogP contribution in [0.25, 0.3) is 0 Å². The number of hydrogen-bond donors (Lipinski definition) is 0. The number of aromatic nitrogens is 2. The summed E-state index contributed by atoms with van der Waals surface area (Å²) in [7, 11) is -3.76. The topological polar surface area (TPSA) is 72.4 Å². The number of sulfonamides is 1. The predicted octanol–water partition coefficient (Wildman–Crippen LogP) is 3.78. The van der Waals surface area contributed by atoms with Crippen LogP contribution < -0.4 is 4.74 Å². The molecule has 1 aromatic heterocycles. The maximum absolute atomic E-state index is 12.9. The van der Waals surface area contributed by atoms with Crippen LogP contribution in [0.1, 0.15) is 12.8 Å². The first-order valence-electron chi connectivity index (χ1n) is 7.45. The van der Waals surface area contributed by atoms with Gasteiger partial charge in [0.25, 0.3) is 0 Å². The lowest BCUT2D eigenvalue weighted by atomic mass is 10.1. The monoisotopic (exact) mass is 465 g/mol.